The van der Waals surface area contributed by atoms with E-state index in [4.69, 9.17) is 4.74 Å². The molecule has 0 fully saturated rings. The molecule has 6 nitrogen and oxygen atoms in total. The first kappa shape index (κ1) is 28.1. The summed E-state index contributed by atoms with van der Waals surface area (Å²) in [7, 11) is -3.40. The number of benzene rings is 3. The van der Waals surface area contributed by atoms with Crippen LogP contribution in [0.5, 0.6) is 0 Å². The Kier molecular flexibility index (Phi) is 8.27. The zero-order chi connectivity index (χ0) is 28.2. The largest absolute Gasteiger partial charge is 0.417 e. The van der Waals surface area contributed by atoms with E-state index < -0.39 is 27.5 Å². The fraction of sp³-hybridized carbons (Fsp3) is 0.207. The average molecular weight is 557 g/mol. The zero-order valence-electron chi connectivity index (χ0n) is 21.3. The molecule has 10 heteroatoms. The molecule has 0 spiro atoms. The molecule has 4 aromatic rings. The van der Waals surface area contributed by atoms with E-state index in [-0.39, 0.29) is 34.9 Å². The first-order chi connectivity index (χ1) is 18.4. The first-order valence-electron chi connectivity index (χ1n) is 12.0. The summed E-state index contributed by atoms with van der Waals surface area (Å²) in [5.41, 5.74) is 1.30. The van der Waals surface area contributed by atoms with Crippen LogP contribution >= 0.6 is 0 Å². The third kappa shape index (κ3) is 6.76. The fourth-order valence-corrected chi connectivity index (χ4v) is 4.90. The molecule has 39 heavy (non-hydrogen) atoms. The quantitative estimate of drug-likeness (QED) is 0.244. The summed E-state index contributed by atoms with van der Waals surface area (Å²) in [5.74, 6) is -0.533. The van der Waals surface area contributed by atoms with E-state index in [1.54, 1.807) is 11.5 Å². The number of carbonyl (C=O) groups excluding carboxylic acids is 1. The molecular formula is C29H27F3N2O4S. The van der Waals surface area contributed by atoms with Gasteiger partial charge in [-0.25, -0.2) is 8.42 Å². The van der Waals surface area contributed by atoms with E-state index in [1.807, 2.05) is 30.3 Å². The van der Waals surface area contributed by atoms with Gasteiger partial charge in [0.2, 0.25) is 0 Å². The third-order valence-electron chi connectivity index (χ3n) is 6.19. The second-order valence-corrected chi connectivity index (χ2v) is 11.1. The van der Waals surface area contributed by atoms with Gasteiger partial charge in [0.05, 0.1) is 34.9 Å². The number of alkyl halides is 3. The van der Waals surface area contributed by atoms with E-state index >= 15 is 0 Å². The van der Waals surface area contributed by atoms with Gasteiger partial charge in [0.25, 0.3) is 5.91 Å². The summed E-state index contributed by atoms with van der Waals surface area (Å²) in [5, 5.41) is 2.70. The van der Waals surface area contributed by atoms with Crippen LogP contribution in [0.3, 0.4) is 0 Å². The van der Waals surface area contributed by atoms with Crippen molar-refractivity contribution in [3.63, 3.8) is 0 Å². The van der Waals surface area contributed by atoms with Crippen LogP contribution < -0.4 is 5.32 Å². The topological polar surface area (TPSA) is 77.4 Å². The molecule has 1 amide bonds. The highest BCUT2D eigenvalue weighted by molar-refractivity contribution is 7.90. The smallest absolute Gasteiger partial charge is 0.375 e. The Balaban J connectivity index is 1.65. The predicted octanol–water partition coefficient (Wildman–Crippen LogP) is 6.35. The number of hydrogen-bond donors (Lipinski definition) is 1. The molecular weight excluding hydrogens is 529 g/mol. The molecule has 0 radical (unpaired) electrons. The number of amides is 1. The molecule has 0 bridgehead atoms. The number of carbonyl (C=O) groups is 1. The van der Waals surface area contributed by atoms with Crippen molar-refractivity contribution >= 4 is 21.4 Å². The normalized spacial score (nSPS) is 11.9. The van der Waals surface area contributed by atoms with Crippen LogP contribution in [0.2, 0.25) is 0 Å². The summed E-state index contributed by atoms with van der Waals surface area (Å²) < 4.78 is 72.5. The second-order valence-electron chi connectivity index (χ2n) is 9.04. The lowest BCUT2D eigenvalue weighted by Crippen LogP contribution is -2.12. The summed E-state index contributed by atoms with van der Waals surface area (Å²) in [6, 6.07) is 20.4. The highest BCUT2D eigenvalue weighted by Gasteiger charge is 2.35. The number of anilines is 1. The molecule has 0 saturated carbocycles. The van der Waals surface area contributed by atoms with Crippen LogP contribution in [-0.2, 0) is 33.9 Å². The van der Waals surface area contributed by atoms with Gasteiger partial charge in [0.15, 0.2) is 9.84 Å². The van der Waals surface area contributed by atoms with Crippen LogP contribution in [0.25, 0.3) is 11.3 Å². The van der Waals surface area contributed by atoms with Crippen LogP contribution in [0, 0.1) is 6.92 Å². The standard InChI is InChI=1S/C29H27F3N2O4S/c1-20-25(28(35)33-22-12-14-23(15-13-22)39(2,36)37)18-34(16-17-38-19-21-8-4-3-5-9-21)27(20)24-10-6-7-11-26(24)29(30,31)32/h3-15,18H,16-17,19H2,1-2H3,(H,33,35). The molecule has 204 valence electrons. The second kappa shape index (κ2) is 11.5. The van der Waals surface area contributed by atoms with Gasteiger partial charge in [0, 0.05) is 30.2 Å². The number of ether oxygens (including phenoxy) is 1. The predicted molar refractivity (Wildman–Crippen MR) is 143 cm³/mol. The monoisotopic (exact) mass is 556 g/mol. The van der Waals surface area contributed by atoms with Crippen molar-refractivity contribution in [2.75, 3.05) is 18.2 Å². The van der Waals surface area contributed by atoms with Crippen LogP contribution in [0.15, 0.2) is 90.0 Å². The highest BCUT2D eigenvalue weighted by atomic mass is 32.2. The third-order valence-corrected chi connectivity index (χ3v) is 7.32. The molecule has 3 aromatic carbocycles. The van der Waals surface area contributed by atoms with Crippen molar-refractivity contribution in [3.05, 3.63) is 107 Å². The molecule has 1 aromatic heterocycles. The van der Waals surface area contributed by atoms with Gasteiger partial charge in [0.1, 0.15) is 0 Å². The molecule has 0 atom stereocenters. The number of hydrogen-bond acceptors (Lipinski definition) is 4. The van der Waals surface area contributed by atoms with E-state index in [9.17, 15) is 26.4 Å². The minimum Gasteiger partial charge on any atom is -0.375 e. The van der Waals surface area contributed by atoms with Gasteiger partial charge in [-0.2, -0.15) is 13.2 Å². The number of nitrogens with one attached hydrogen (secondary N) is 1. The molecule has 0 aliphatic heterocycles. The Hall–Kier alpha value is -3.89. The summed E-state index contributed by atoms with van der Waals surface area (Å²) in [6.45, 7) is 2.36. The van der Waals surface area contributed by atoms with Gasteiger partial charge in [-0.1, -0.05) is 48.5 Å². The minimum absolute atomic E-state index is 0.0397. The maximum absolute atomic E-state index is 13.9. The highest BCUT2D eigenvalue weighted by Crippen LogP contribution is 2.39. The van der Waals surface area contributed by atoms with Crippen molar-refractivity contribution in [3.8, 4) is 11.3 Å². The van der Waals surface area contributed by atoms with Crippen molar-refractivity contribution in [2.24, 2.45) is 0 Å². The van der Waals surface area contributed by atoms with E-state index in [0.29, 0.717) is 17.9 Å². The number of halogens is 3. The van der Waals surface area contributed by atoms with Crippen molar-refractivity contribution in [1.29, 1.82) is 0 Å². The number of rotatable bonds is 9. The fourth-order valence-electron chi connectivity index (χ4n) is 4.27. The molecule has 1 N–H and O–H groups in total. The Morgan fingerprint density at radius 3 is 2.23 bits per heavy atom. The van der Waals surface area contributed by atoms with Crippen LogP contribution in [0.4, 0.5) is 18.9 Å². The molecule has 0 aliphatic carbocycles. The van der Waals surface area contributed by atoms with E-state index in [2.05, 4.69) is 5.32 Å². The zero-order valence-corrected chi connectivity index (χ0v) is 22.1. The Morgan fingerprint density at radius 2 is 1.59 bits per heavy atom. The Bertz CT molecular complexity index is 1560. The van der Waals surface area contributed by atoms with Crippen molar-refractivity contribution in [1.82, 2.24) is 4.57 Å². The maximum atomic E-state index is 13.9. The van der Waals surface area contributed by atoms with Gasteiger partial charge in [-0.3, -0.25) is 4.79 Å². The van der Waals surface area contributed by atoms with Crippen molar-refractivity contribution < 1.29 is 31.1 Å². The van der Waals surface area contributed by atoms with E-state index in [0.717, 1.165) is 17.9 Å². The summed E-state index contributed by atoms with van der Waals surface area (Å²) in [4.78, 5) is 13.3. The lowest BCUT2D eigenvalue weighted by atomic mass is 10.00. The SMILES string of the molecule is Cc1c(C(=O)Nc2ccc(S(C)(=O)=O)cc2)cn(CCOCc2ccccc2)c1-c1ccccc1C(F)(F)F. The van der Waals surface area contributed by atoms with Gasteiger partial charge in [-0.15, -0.1) is 0 Å². The lowest BCUT2D eigenvalue weighted by molar-refractivity contribution is -0.137. The molecule has 0 saturated heterocycles. The number of nitrogens with zero attached hydrogens (tertiary/aromatic N) is 1. The molecule has 4 rings (SSSR count). The summed E-state index contributed by atoms with van der Waals surface area (Å²) in [6.07, 6.45) is -1.99. The molecule has 0 unspecified atom stereocenters. The minimum atomic E-state index is -4.59. The van der Waals surface area contributed by atoms with Crippen molar-refractivity contribution in [2.45, 2.75) is 31.1 Å². The van der Waals surface area contributed by atoms with Crippen LogP contribution in [0.1, 0.15) is 27.0 Å². The maximum Gasteiger partial charge on any atom is 0.417 e. The Labute approximate surface area is 225 Å². The van der Waals surface area contributed by atoms with Crippen LogP contribution in [-0.4, -0.2) is 31.8 Å². The molecule has 0 aliphatic rings. The first-order valence-corrected chi connectivity index (χ1v) is 13.9. The Morgan fingerprint density at radius 1 is 0.949 bits per heavy atom. The molecule has 1 heterocycles. The average Bonchev–Trinajstić information content (AvgIpc) is 3.22. The summed E-state index contributed by atoms with van der Waals surface area (Å²) >= 11 is 0. The van der Waals surface area contributed by atoms with E-state index in [1.165, 1.54) is 48.7 Å². The van der Waals surface area contributed by atoms with Gasteiger partial charge in [-0.05, 0) is 48.4 Å². The lowest BCUT2D eigenvalue weighted by Gasteiger charge is -2.16. The number of sulfone groups is 1. The van der Waals surface area contributed by atoms with Gasteiger partial charge < -0.3 is 14.6 Å². The van der Waals surface area contributed by atoms with Gasteiger partial charge >= 0.3 is 6.18 Å². The number of aromatic nitrogens is 1.